The van der Waals surface area contributed by atoms with E-state index in [-0.39, 0.29) is 17.9 Å². The second-order valence-corrected chi connectivity index (χ2v) is 6.06. The fourth-order valence-electron chi connectivity index (χ4n) is 3.00. The quantitative estimate of drug-likeness (QED) is 0.802. The van der Waals surface area contributed by atoms with Crippen LogP contribution in [0.3, 0.4) is 0 Å². The Balaban J connectivity index is 1.97. The van der Waals surface area contributed by atoms with Crippen molar-refractivity contribution < 1.29 is 14.1 Å². The summed E-state index contributed by atoms with van der Waals surface area (Å²) in [5.74, 6) is 0.703. The standard InChI is InChI=1S/C16H26N4O3/c1-11-14(12(2)23-19-11)9-16(22)20-8-4-3-5-13(20)10-18-15(21)6-7-17/h13H,3-10,17H2,1-2H3,(H,18,21). The molecule has 1 atom stereocenters. The van der Waals surface area contributed by atoms with Gasteiger partial charge in [-0.3, -0.25) is 9.59 Å². The fourth-order valence-corrected chi connectivity index (χ4v) is 3.00. The van der Waals surface area contributed by atoms with E-state index in [0.717, 1.165) is 37.1 Å². The molecule has 1 fully saturated rings. The minimum absolute atomic E-state index is 0.0541. The van der Waals surface area contributed by atoms with Crippen molar-refractivity contribution in [2.45, 2.75) is 52.0 Å². The van der Waals surface area contributed by atoms with Crippen LogP contribution in [0.5, 0.6) is 0 Å². The number of nitrogens with zero attached hydrogens (tertiary/aromatic N) is 2. The van der Waals surface area contributed by atoms with Crippen molar-refractivity contribution in [2.24, 2.45) is 5.73 Å². The molecule has 1 aliphatic rings. The van der Waals surface area contributed by atoms with Crippen LogP contribution in [0, 0.1) is 13.8 Å². The highest BCUT2D eigenvalue weighted by Crippen LogP contribution is 2.20. The summed E-state index contributed by atoms with van der Waals surface area (Å²) in [6.07, 6.45) is 3.61. The zero-order chi connectivity index (χ0) is 16.8. The van der Waals surface area contributed by atoms with Gasteiger partial charge in [-0.05, 0) is 33.1 Å². The highest BCUT2D eigenvalue weighted by molar-refractivity contribution is 5.80. The molecule has 7 nitrogen and oxygen atoms in total. The summed E-state index contributed by atoms with van der Waals surface area (Å²) < 4.78 is 5.13. The SMILES string of the molecule is Cc1noc(C)c1CC(=O)N1CCCCC1CNC(=O)CCN. The number of amides is 2. The van der Waals surface area contributed by atoms with Crippen molar-refractivity contribution in [1.29, 1.82) is 0 Å². The number of hydrogen-bond acceptors (Lipinski definition) is 5. The molecule has 3 N–H and O–H groups in total. The molecule has 2 heterocycles. The third kappa shape index (κ3) is 4.54. The lowest BCUT2D eigenvalue weighted by atomic mass is 10.00. The Morgan fingerprint density at radius 2 is 2.17 bits per heavy atom. The van der Waals surface area contributed by atoms with Gasteiger partial charge in [0, 0.05) is 37.7 Å². The largest absolute Gasteiger partial charge is 0.361 e. The maximum absolute atomic E-state index is 12.7. The predicted octanol–water partition coefficient (Wildman–Crippen LogP) is 0.680. The number of piperidine rings is 1. The number of likely N-dealkylation sites (tertiary alicyclic amines) is 1. The molecule has 0 aliphatic carbocycles. The van der Waals surface area contributed by atoms with Gasteiger partial charge < -0.3 is 20.5 Å². The van der Waals surface area contributed by atoms with E-state index in [1.165, 1.54) is 0 Å². The Kier molecular flexibility index (Phi) is 6.15. The van der Waals surface area contributed by atoms with Crippen molar-refractivity contribution in [3.8, 4) is 0 Å². The van der Waals surface area contributed by atoms with E-state index in [1.54, 1.807) is 0 Å². The lowest BCUT2D eigenvalue weighted by Gasteiger charge is -2.36. The molecule has 1 unspecified atom stereocenters. The summed E-state index contributed by atoms with van der Waals surface area (Å²) >= 11 is 0. The summed E-state index contributed by atoms with van der Waals surface area (Å²) in [5, 5.41) is 6.77. The average molecular weight is 322 g/mol. The van der Waals surface area contributed by atoms with E-state index in [9.17, 15) is 9.59 Å². The molecule has 0 saturated carbocycles. The first-order valence-electron chi connectivity index (χ1n) is 8.21. The van der Waals surface area contributed by atoms with E-state index in [1.807, 2.05) is 18.7 Å². The molecule has 2 rings (SSSR count). The van der Waals surface area contributed by atoms with Crippen LogP contribution in [-0.2, 0) is 16.0 Å². The summed E-state index contributed by atoms with van der Waals surface area (Å²) in [6.45, 7) is 5.24. The van der Waals surface area contributed by atoms with Gasteiger partial charge in [-0.15, -0.1) is 0 Å². The van der Waals surface area contributed by atoms with E-state index < -0.39 is 0 Å². The molecule has 0 bridgehead atoms. The van der Waals surface area contributed by atoms with Gasteiger partial charge in [0.2, 0.25) is 11.8 Å². The van der Waals surface area contributed by atoms with Gasteiger partial charge in [-0.1, -0.05) is 5.16 Å². The monoisotopic (exact) mass is 322 g/mol. The zero-order valence-corrected chi connectivity index (χ0v) is 13.9. The summed E-state index contributed by atoms with van der Waals surface area (Å²) in [6, 6.07) is 0.0541. The number of rotatable bonds is 6. The maximum atomic E-state index is 12.7. The van der Waals surface area contributed by atoms with Gasteiger partial charge in [0.1, 0.15) is 5.76 Å². The normalized spacial score (nSPS) is 18.0. The Morgan fingerprint density at radius 3 is 2.83 bits per heavy atom. The predicted molar refractivity (Wildman–Crippen MR) is 85.7 cm³/mol. The topological polar surface area (TPSA) is 101 Å². The van der Waals surface area contributed by atoms with Crippen molar-refractivity contribution in [3.05, 3.63) is 17.0 Å². The molecular formula is C16H26N4O3. The first-order chi connectivity index (χ1) is 11.0. The van der Waals surface area contributed by atoms with Crippen LogP contribution in [0.15, 0.2) is 4.52 Å². The van der Waals surface area contributed by atoms with Crippen LogP contribution < -0.4 is 11.1 Å². The average Bonchev–Trinajstić information content (AvgIpc) is 2.85. The molecule has 23 heavy (non-hydrogen) atoms. The van der Waals surface area contributed by atoms with Crippen LogP contribution in [-0.4, -0.2) is 47.5 Å². The van der Waals surface area contributed by atoms with Crippen LogP contribution in [0.25, 0.3) is 0 Å². The van der Waals surface area contributed by atoms with Gasteiger partial charge in [-0.25, -0.2) is 0 Å². The molecule has 128 valence electrons. The summed E-state index contributed by atoms with van der Waals surface area (Å²) in [4.78, 5) is 26.2. The molecule has 1 saturated heterocycles. The molecule has 7 heteroatoms. The van der Waals surface area contributed by atoms with Gasteiger partial charge >= 0.3 is 0 Å². The number of hydrogen-bond donors (Lipinski definition) is 2. The molecule has 2 amide bonds. The minimum atomic E-state index is -0.0591. The van der Waals surface area contributed by atoms with Gasteiger partial charge in [-0.2, -0.15) is 0 Å². The second kappa shape index (κ2) is 8.10. The van der Waals surface area contributed by atoms with Crippen molar-refractivity contribution >= 4 is 11.8 Å². The molecule has 0 spiro atoms. The molecule has 1 aromatic heterocycles. The van der Waals surface area contributed by atoms with Gasteiger partial charge in [0.05, 0.1) is 12.1 Å². The first-order valence-corrected chi connectivity index (χ1v) is 8.21. The molecule has 0 aromatic carbocycles. The summed E-state index contributed by atoms with van der Waals surface area (Å²) in [7, 11) is 0. The smallest absolute Gasteiger partial charge is 0.227 e. The first kappa shape index (κ1) is 17.5. The number of aromatic nitrogens is 1. The van der Waals surface area contributed by atoms with E-state index in [0.29, 0.717) is 31.7 Å². The lowest BCUT2D eigenvalue weighted by molar-refractivity contribution is -0.134. The van der Waals surface area contributed by atoms with Crippen LogP contribution in [0.1, 0.15) is 42.7 Å². The zero-order valence-electron chi connectivity index (χ0n) is 13.9. The number of aryl methyl sites for hydroxylation is 2. The third-order valence-electron chi connectivity index (χ3n) is 4.36. The number of carbonyl (C=O) groups is 2. The third-order valence-corrected chi connectivity index (χ3v) is 4.36. The lowest BCUT2D eigenvalue weighted by Crippen LogP contribution is -2.50. The fraction of sp³-hybridized carbons (Fsp3) is 0.688. The van der Waals surface area contributed by atoms with Crippen molar-refractivity contribution in [3.63, 3.8) is 0 Å². The van der Waals surface area contributed by atoms with Crippen LogP contribution in [0.4, 0.5) is 0 Å². The minimum Gasteiger partial charge on any atom is -0.361 e. The Bertz CT molecular complexity index is 536. The number of nitrogens with one attached hydrogen (secondary N) is 1. The van der Waals surface area contributed by atoms with Crippen LogP contribution >= 0.6 is 0 Å². The summed E-state index contributed by atoms with van der Waals surface area (Å²) in [5.41, 5.74) is 7.01. The van der Waals surface area contributed by atoms with Crippen LogP contribution in [0.2, 0.25) is 0 Å². The number of carbonyl (C=O) groups excluding carboxylic acids is 2. The number of nitrogens with two attached hydrogens (primary N) is 1. The second-order valence-electron chi connectivity index (χ2n) is 6.06. The van der Waals surface area contributed by atoms with Gasteiger partial charge in [0.15, 0.2) is 0 Å². The Morgan fingerprint density at radius 1 is 1.39 bits per heavy atom. The highest BCUT2D eigenvalue weighted by Gasteiger charge is 2.28. The molecule has 1 aromatic rings. The molecule has 1 aliphatic heterocycles. The van der Waals surface area contributed by atoms with Crippen molar-refractivity contribution in [1.82, 2.24) is 15.4 Å². The Labute approximate surface area is 136 Å². The maximum Gasteiger partial charge on any atom is 0.227 e. The molecular weight excluding hydrogens is 296 g/mol. The molecule has 0 radical (unpaired) electrons. The van der Waals surface area contributed by atoms with Crippen molar-refractivity contribution in [2.75, 3.05) is 19.6 Å². The highest BCUT2D eigenvalue weighted by atomic mass is 16.5. The van der Waals surface area contributed by atoms with E-state index in [2.05, 4.69) is 10.5 Å². The van der Waals surface area contributed by atoms with Gasteiger partial charge in [0.25, 0.3) is 0 Å². The Hall–Kier alpha value is -1.89. The van der Waals surface area contributed by atoms with E-state index >= 15 is 0 Å². The van der Waals surface area contributed by atoms with E-state index in [4.69, 9.17) is 10.3 Å².